The summed E-state index contributed by atoms with van der Waals surface area (Å²) in [6, 6.07) is 1.06. The van der Waals surface area contributed by atoms with E-state index in [2.05, 4.69) is 5.32 Å². The minimum Gasteiger partial charge on any atom is -0.335 e. The molecule has 104 valence electrons. The maximum atomic E-state index is 12.2. The molecular weight excluding hydrogens is 224 g/mol. The molecule has 2 aliphatic carbocycles. The van der Waals surface area contributed by atoms with Gasteiger partial charge in [-0.2, -0.15) is 0 Å². The molecule has 2 saturated carbocycles. The predicted octanol–water partition coefficient (Wildman–Crippen LogP) is 3.68. The molecule has 0 aromatic rings. The molecule has 2 rings (SSSR count). The zero-order valence-electron chi connectivity index (χ0n) is 11.8. The monoisotopic (exact) mass is 252 g/mol. The Kier molecular flexibility index (Phi) is 5.33. The van der Waals surface area contributed by atoms with E-state index in [1.165, 1.54) is 70.6 Å². The van der Waals surface area contributed by atoms with Gasteiger partial charge in [0.25, 0.3) is 0 Å². The topological polar surface area (TPSA) is 32.3 Å². The van der Waals surface area contributed by atoms with Crippen LogP contribution in [-0.2, 0) is 0 Å². The molecule has 2 fully saturated rings. The molecule has 0 heterocycles. The maximum Gasteiger partial charge on any atom is 0.317 e. The van der Waals surface area contributed by atoms with Crippen LogP contribution >= 0.6 is 0 Å². The third-order valence-electron chi connectivity index (χ3n) is 4.63. The molecule has 0 spiro atoms. The average Bonchev–Trinajstić information content (AvgIpc) is 2.68. The fourth-order valence-electron chi connectivity index (χ4n) is 3.33. The highest BCUT2D eigenvalue weighted by Gasteiger charge is 2.23. The third-order valence-corrected chi connectivity index (χ3v) is 4.63. The summed E-state index contributed by atoms with van der Waals surface area (Å²) in [4.78, 5) is 14.2. The molecule has 2 aliphatic rings. The summed E-state index contributed by atoms with van der Waals surface area (Å²) < 4.78 is 0. The quantitative estimate of drug-likeness (QED) is 0.747. The molecule has 0 aliphatic heterocycles. The highest BCUT2D eigenvalue weighted by atomic mass is 16.2. The zero-order chi connectivity index (χ0) is 12.8. The van der Waals surface area contributed by atoms with Crippen LogP contribution < -0.4 is 5.32 Å². The van der Waals surface area contributed by atoms with Gasteiger partial charge in [0.05, 0.1) is 0 Å². The molecule has 0 radical (unpaired) electrons. The second-order valence-corrected chi connectivity index (χ2v) is 6.04. The Bertz CT molecular complexity index is 253. The lowest BCUT2D eigenvalue weighted by molar-refractivity contribution is 0.177. The Morgan fingerprint density at radius 3 is 2.00 bits per heavy atom. The first-order valence-electron chi connectivity index (χ1n) is 7.80. The van der Waals surface area contributed by atoms with Gasteiger partial charge in [0.1, 0.15) is 0 Å². The van der Waals surface area contributed by atoms with Gasteiger partial charge in [0.2, 0.25) is 0 Å². The number of rotatable bonds is 2. The van der Waals surface area contributed by atoms with E-state index >= 15 is 0 Å². The van der Waals surface area contributed by atoms with Crippen molar-refractivity contribution in [3.05, 3.63) is 0 Å². The van der Waals surface area contributed by atoms with Crippen LogP contribution in [0.5, 0.6) is 0 Å². The van der Waals surface area contributed by atoms with Crippen molar-refractivity contribution in [3.63, 3.8) is 0 Å². The highest BCUT2D eigenvalue weighted by Crippen LogP contribution is 2.22. The van der Waals surface area contributed by atoms with Gasteiger partial charge in [-0.3, -0.25) is 0 Å². The summed E-state index contributed by atoms with van der Waals surface area (Å²) in [6.45, 7) is 0. The van der Waals surface area contributed by atoms with Crippen LogP contribution in [0.3, 0.4) is 0 Å². The van der Waals surface area contributed by atoms with E-state index in [0.717, 1.165) is 0 Å². The summed E-state index contributed by atoms with van der Waals surface area (Å²) in [5.74, 6) is 0. The van der Waals surface area contributed by atoms with Crippen molar-refractivity contribution in [1.82, 2.24) is 10.2 Å². The standard InChI is InChI=1S/C15H28N2O/c1-17(14-11-7-2-3-8-12-14)15(18)16-13-9-5-4-6-10-13/h13-14H,2-12H2,1H3,(H,16,18). The molecule has 0 atom stereocenters. The minimum atomic E-state index is 0.161. The van der Waals surface area contributed by atoms with Gasteiger partial charge < -0.3 is 10.2 Å². The van der Waals surface area contributed by atoms with Gasteiger partial charge in [-0.05, 0) is 25.7 Å². The summed E-state index contributed by atoms with van der Waals surface area (Å²) in [5.41, 5.74) is 0. The number of carbonyl (C=O) groups excluding carboxylic acids is 1. The molecule has 0 unspecified atom stereocenters. The van der Waals surface area contributed by atoms with Gasteiger partial charge in [-0.1, -0.05) is 44.9 Å². The molecule has 0 bridgehead atoms. The number of nitrogens with one attached hydrogen (secondary N) is 1. The van der Waals surface area contributed by atoms with E-state index in [9.17, 15) is 4.79 Å². The molecule has 2 amide bonds. The second kappa shape index (κ2) is 7.01. The van der Waals surface area contributed by atoms with E-state index in [0.29, 0.717) is 12.1 Å². The predicted molar refractivity (Wildman–Crippen MR) is 74.7 cm³/mol. The Morgan fingerprint density at radius 2 is 1.39 bits per heavy atom. The second-order valence-electron chi connectivity index (χ2n) is 6.04. The lowest BCUT2D eigenvalue weighted by Crippen LogP contribution is -2.47. The molecule has 3 nitrogen and oxygen atoms in total. The van der Waals surface area contributed by atoms with Crippen molar-refractivity contribution >= 4 is 6.03 Å². The van der Waals surface area contributed by atoms with Crippen molar-refractivity contribution in [2.75, 3.05) is 7.05 Å². The van der Waals surface area contributed by atoms with Crippen LogP contribution in [0, 0.1) is 0 Å². The molecular formula is C15H28N2O. The van der Waals surface area contributed by atoms with Gasteiger partial charge in [0, 0.05) is 19.1 Å². The van der Waals surface area contributed by atoms with Crippen LogP contribution in [0.2, 0.25) is 0 Å². The van der Waals surface area contributed by atoms with Crippen LogP contribution in [0.25, 0.3) is 0 Å². The van der Waals surface area contributed by atoms with Crippen molar-refractivity contribution in [2.45, 2.75) is 82.7 Å². The lowest BCUT2D eigenvalue weighted by Gasteiger charge is -2.31. The van der Waals surface area contributed by atoms with Gasteiger partial charge in [0.15, 0.2) is 0 Å². The SMILES string of the molecule is CN(C(=O)NC1CCCCC1)C1CCCCCC1. The minimum absolute atomic E-state index is 0.161. The Balaban J connectivity index is 1.79. The van der Waals surface area contributed by atoms with Crippen LogP contribution in [-0.4, -0.2) is 30.1 Å². The van der Waals surface area contributed by atoms with Crippen molar-refractivity contribution in [3.8, 4) is 0 Å². The zero-order valence-corrected chi connectivity index (χ0v) is 11.8. The first-order valence-corrected chi connectivity index (χ1v) is 7.80. The van der Waals surface area contributed by atoms with Gasteiger partial charge in [-0.25, -0.2) is 4.79 Å². The van der Waals surface area contributed by atoms with E-state index < -0.39 is 0 Å². The summed E-state index contributed by atoms with van der Waals surface area (Å²) in [6.07, 6.45) is 13.9. The van der Waals surface area contributed by atoms with Gasteiger partial charge >= 0.3 is 6.03 Å². The Labute approximate surface area is 111 Å². The number of urea groups is 1. The smallest absolute Gasteiger partial charge is 0.317 e. The molecule has 0 saturated heterocycles. The summed E-state index contributed by atoms with van der Waals surface area (Å²) in [7, 11) is 1.98. The van der Waals surface area contributed by atoms with E-state index in [4.69, 9.17) is 0 Å². The fourth-order valence-corrected chi connectivity index (χ4v) is 3.33. The van der Waals surface area contributed by atoms with Gasteiger partial charge in [-0.15, -0.1) is 0 Å². The van der Waals surface area contributed by atoms with Crippen LogP contribution in [0.1, 0.15) is 70.6 Å². The molecule has 1 N–H and O–H groups in total. The highest BCUT2D eigenvalue weighted by molar-refractivity contribution is 5.74. The summed E-state index contributed by atoms with van der Waals surface area (Å²) >= 11 is 0. The number of hydrogen-bond donors (Lipinski definition) is 1. The number of nitrogens with zero attached hydrogens (tertiary/aromatic N) is 1. The first kappa shape index (κ1) is 13.7. The average molecular weight is 252 g/mol. The van der Waals surface area contributed by atoms with Crippen molar-refractivity contribution in [2.24, 2.45) is 0 Å². The fraction of sp³-hybridized carbons (Fsp3) is 0.933. The van der Waals surface area contributed by atoms with Crippen molar-refractivity contribution < 1.29 is 4.79 Å². The maximum absolute atomic E-state index is 12.2. The van der Waals surface area contributed by atoms with E-state index in [1.54, 1.807) is 0 Å². The Morgan fingerprint density at radius 1 is 0.889 bits per heavy atom. The molecule has 0 aromatic carbocycles. The van der Waals surface area contributed by atoms with Crippen LogP contribution in [0.15, 0.2) is 0 Å². The normalized spacial score (nSPS) is 23.4. The summed E-state index contributed by atoms with van der Waals surface area (Å²) in [5, 5.41) is 3.22. The van der Waals surface area contributed by atoms with Crippen molar-refractivity contribution in [1.29, 1.82) is 0 Å². The number of carbonyl (C=O) groups is 1. The first-order chi connectivity index (χ1) is 8.77. The molecule has 3 heteroatoms. The largest absolute Gasteiger partial charge is 0.335 e. The number of hydrogen-bond acceptors (Lipinski definition) is 1. The third kappa shape index (κ3) is 3.89. The molecule has 0 aromatic heterocycles. The van der Waals surface area contributed by atoms with E-state index in [1.807, 2.05) is 11.9 Å². The Hall–Kier alpha value is -0.730. The number of amides is 2. The van der Waals surface area contributed by atoms with E-state index in [-0.39, 0.29) is 6.03 Å². The lowest BCUT2D eigenvalue weighted by atomic mass is 9.96. The van der Waals surface area contributed by atoms with Crippen LogP contribution in [0.4, 0.5) is 4.79 Å². The molecule has 18 heavy (non-hydrogen) atoms.